The molecule has 2 nitrogen and oxygen atoms in total. The third-order valence-corrected chi connectivity index (χ3v) is 3.67. The minimum atomic E-state index is 0.298. The van der Waals surface area contributed by atoms with Crippen LogP contribution in [0.25, 0.3) is 0 Å². The van der Waals surface area contributed by atoms with E-state index in [-0.39, 0.29) is 0 Å². The number of hydrogen-bond donors (Lipinski definition) is 0. The van der Waals surface area contributed by atoms with Crippen molar-refractivity contribution in [3.05, 3.63) is 35.9 Å². The van der Waals surface area contributed by atoms with E-state index in [1.165, 1.54) is 5.56 Å². The SMILES string of the molecule is CCCCN(C(=O)CCc1ccccc1)C(C)CC. The summed E-state index contributed by atoms with van der Waals surface area (Å²) in [4.78, 5) is 14.4. The van der Waals surface area contributed by atoms with Crippen LogP contribution >= 0.6 is 0 Å². The molecule has 0 fully saturated rings. The molecule has 1 atom stereocenters. The van der Waals surface area contributed by atoms with E-state index in [0.717, 1.165) is 32.2 Å². The van der Waals surface area contributed by atoms with Gasteiger partial charge in [-0.3, -0.25) is 4.79 Å². The second kappa shape index (κ2) is 8.73. The Hall–Kier alpha value is -1.31. The van der Waals surface area contributed by atoms with Gasteiger partial charge in [0, 0.05) is 19.0 Å². The molecule has 2 heteroatoms. The molecule has 0 aliphatic heterocycles. The van der Waals surface area contributed by atoms with Crippen molar-refractivity contribution in [1.29, 1.82) is 0 Å². The Morgan fingerprint density at radius 1 is 1.21 bits per heavy atom. The Labute approximate surface area is 117 Å². The van der Waals surface area contributed by atoms with Crippen molar-refractivity contribution in [2.75, 3.05) is 6.54 Å². The largest absolute Gasteiger partial charge is 0.340 e. The molecule has 1 aromatic rings. The van der Waals surface area contributed by atoms with E-state index in [1.807, 2.05) is 18.2 Å². The van der Waals surface area contributed by atoms with E-state index in [1.54, 1.807) is 0 Å². The Morgan fingerprint density at radius 2 is 1.89 bits per heavy atom. The third kappa shape index (κ3) is 5.46. The van der Waals surface area contributed by atoms with Crippen LogP contribution in [-0.2, 0) is 11.2 Å². The lowest BCUT2D eigenvalue weighted by Gasteiger charge is -2.28. The van der Waals surface area contributed by atoms with E-state index in [2.05, 4.69) is 37.8 Å². The molecule has 0 aliphatic carbocycles. The van der Waals surface area contributed by atoms with Crippen LogP contribution in [0, 0.1) is 0 Å². The number of rotatable bonds is 8. The summed E-state index contributed by atoms with van der Waals surface area (Å²) in [6, 6.07) is 10.6. The Kier molecular flexibility index (Phi) is 7.24. The monoisotopic (exact) mass is 261 g/mol. The number of carbonyl (C=O) groups excluding carboxylic acids is 1. The smallest absolute Gasteiger partial charge is 0.223 e. The molecule has 0 radical (unpaired) electrons. The molecule has 1 unspecified atom stereocenters. The van der Waals surface area contributed by atoms with Crippen LogP contribution < -0.4 is 0 Å². The average molecular weight is 261 g/mol. The molecular formula is C17H27NO. The highest BCUT2D eigenvalue weighted by Crippen LogP contribution is 2.10. The van der Waals surface area contributed by atoms with Crippen LogP contribution in [0.1, 0.15) is 52.0 Å². The molecule has 0 bridgehead atoms. The van der Waals surface area contributed by atoms with Gasteiger partial charge >= 0.3 is 0 Å². The zero-order valence-corrected chi connectivity index (χ0v) is 12.6. The molecule has 1 amide bonds. The summed E-state index contributed by atoms with van der Waals surface area (Å²) in [6.45, 7) is 7.37. The van der Waals surface area contributed by atoms with Crippen LogP contribution in [0.4, 0.5) is 0 Å². The molecule has 0 saturated heterocycles. The normalized spacial score (nSPS) is 12.2. The summed E-state index contributed by atoms with van der Waals surface area (Å²) in [5.41, 5.74) is 1.25. The van der Waals surface area contributed by atoms with Crippen molar-refractivity contribution in [1.82, 2.24) is 4.90 Å². The zero-order valence-electron chi connectivity index (χ0n) is 12.6. The van der Waals surface area contributed by atoms with Crippen molar-refractivity contribution in [3.8, 4) is 0 Å². The van der Waals surface area contributed by atoms with Crippen molar-refractivity contribution in [2.45, 2.75) is 58.9 Å². The fourth-order valence-corrected chi connectivity index (χ4v) is 2.18. The first-order chi connectivity index (χ1) is 9.19. The summed E-state index contributed by atoms with van der Waals surface area (Å²) < 4.78 is 0. The second-order valence-corrected chi connectivity index (χ2v) is 5.18. The minimum absolute atomic E-state index is 0.298. The summed E-state index contributed by atoms with van der Waals surface area (Å²) in [7, 11) is 0. The number of unbranched alkanes of at least 4 members (excludes halogenated alkanes) is 1. The first-order valence-electron chi connectivity index (χ1n) is 7.52. The van der Waals surface area contributed by atoms with Crippen molar-refractivity contribution < 1.29 is 4.79 Å². The lowest BCUT2D eigenvalue weighted by molar-refractivity contribution is -0.133. The van der Waals surface area contributed by atoms with Crippen LogP contribution in [0.5, 0.6) is 0 Å². The van der Waals surface area contributed by atoms with Gasteiger partial charge in [0.15, 0.2) is 0 Å². The predicted molar refractivity (Wildman–Crippen MR) is 81.1 cm³/mol. The highest BCUT2D eigenvalue weighted by molar-refractivity contribution is 5.76. The Bertz CT molecular complexity index is 361. The zero-order chi connectivity index (χ0) is 14.1. The summed E-state index contributed by atoms with van der Waals surface area (Å²) >= 11 is 0. The van der Waals surface area contributed by atoms with Gasteiger partial charge in [-0.1, -0.05) is 50.6 Å². The topological polar surface area (TPSA) is 20.3 Å². The van der Waals surface area contributed by atoms with Gasteiger partial charge in [-0.2, -0.15) is 0 Å². The van der Waals surface area contributed by atoms with Crippen LogP contribution in [-0.4, -0.2) is 23.4 Å². The van der Waals surface area contributed by atoms with E-state index in [9.17, 15) is 4.79 Å². The minimum Gasteiger partial charge on any atom is -0.340 e. The first kappa shape index (κ1) is 15.7. The molecular weight excluding hydrogens is 234 g/mol. The van der Waals surface area contributed by atoms with E-state index < -0.39 is 0 Å². The average Bonchev–Trinajstić information content (AvgIpc) is 2.46. The Morgan fingerprint density at radius 3 is 2.47 bits per heavy atom. The lowest BCUT2D eigenvalue weighted by Crippen LogP contribution is -2.39. The summed E-state index contributed by atoms with van der Waals surface area (Å²) in [5.74, 6) is 0.298. The van der Waals surface area contributed by atoms with Crippen molar-refractivity contribution >= 4 is 5.91 Å². The molecule has 0 saturated carbocycles. The lowest BCUT2D eigenvalue weighted by atomic mass is 10.1. The summed E-state index contributed by atoms with van der Waals surface area (Å²) in [5, 5.41) is 0. The maximum atomic E-state index is 12.3. The van der Waals surface area contributed by atoms with Crippen molar-refractivity contribution in [3.63, 3.8) is 0 Å². The van der Waals surface area contributed by atoms with E-state index in [0.29, 0.717) is 18.4 Å². The Balaban J connectivity index is 2.51. The fraction of sp³-hybridized carbons (Fsp3) is 0.588. The molecule has 19 heavy (non-hydrogen) atoms. The second-order valence-electron chi connectivity index (χ2n) is 5.18. The van der Waals surface area contributed by atoms with E-state index in [4.69, 9.17) is 0 Å². The van der Waals surface area contributed by atoms with Gasteiger partial charge in [0.2, 0.25) is 5.91 Å². The predicted octanol–water partition coefficient (Wildman–Crippen LogP) is 4.05. The van der Waals surface area contributed by atoms with Gasteiger partial charge in [-0.15, -0.1) is 0 Å². The molecule has 0 aromatic heterocycles. The van der Waals surface area contributed by atoms with Crippen LogP contribution in [0.15, 0.2) is 30.3 Å². The van der Waals surface area contributed by atoms with Crippen molar-refractivity contribution in [2.24, 2.45) is 0 Å². The number of carbonyl (C=O) groups is 1. The molecule has 1 rings (SSSR count). The van der Waals surface area contributed by atoms with Crippen LogP contribution in [0.2, 0.25) is 0 Å². The molecule has 0 aliphatic rings. The molecule has 0 N–H and O–H groups in total. The molecule has 106 valence electrons. The molecule has 1 aromatic carbocycles. The maximum absolute atomic E-state index is 12.3. The maximum Gasteiger partial charge on any atom is 0.223 e. The quantitative estimate of drug-likeness (QED) is 0.691. The molecule has 0 heterocycles. The van der Waals surface area contributed by atoms with Gasteiger partial charge in [0.1, 0.15) is 0 Å². The van der Waals surface area contributed by atoms with Gasteiger partial charge < -0.3 is 4.90 Å². The molecule has 0 spiro atoms. The van der Waals surface area contributed by atoms with Gasteiger partial charge in [0.25, 0.3) is 0 Å². The highest BCUT2D eigenvalue weighted by atomic mass is 16.2. The highest BCUT2D eigenvalue weighted by Gasteiger charge is 2.17. The number of amides is 1. The van der Waals surface area contributed by atoms with Gasteiger partial charge in [-0.05, 0) is 31.7 Å². The third-order valence-electron chi connectivity index (χ3n) is 3.67. The van der Waals surface area contributed by atoms with Gasteiger partial charge in [0.05, 0.1) is 0 Å². The van der Waals surface area contributed by atoms with Crippen LogP contribution in [0.3, 0.4) is 0 Å². The first-order valence-corrected chi connectivity index (χ1v) is 7.52. The number of nitrogens with zero attached hydrogens (tertiary/aromatic N) is 1. The number of hydrogen-bond acceptors (Lipinski definition) is 1. The number of aryl methyl sites for hydroxylation is 1. The van der Waals surface area contributed by atoms with Gasteiger partial charge in [-0.25, -0.2) is 0 Å². The number of benzene rings is 1. The van der Waals surface area contributed by atoms with E-state index >= 15 is 0 Å². The fourth-order valence-electron chi connectivity index (χ4n) is 2.18. The standard InChI is InChI=1S/C17H27NO/c1-4-6-14-18(15(3)5-2)17(19)13-12-16-10-8-7-9-11-16/h7-11,15H,4-6,12-14H2,1-3H3. The summed E-state index contributed by atoms with van der Waals surface area (Å²) in [6.07, 6.45) is 4.73.